The van der Waals surface area contributed by atoms with E-state index in [1.165, 1.54) is 27.9 Å². The summed E-state index contributed by atoms with van der Waals surface area (Å²) in [5.74, 6) is 0.131. The number of benzene rings is 2. The summed E-state index contributed by atoms with van der Waals surface area (Å²) in [6.45, 7) is 12.8. The first-order chi connectivity index (χ1) is 14.8. The Bertz CT molecular complexity index is 1120. The lowest BCUT2D eigenvalue weighted by atomic mass is 10.0. The molecule has 1 amide bonds. The van der Waals surface area contributed by atoms with E-state index in [1.807, 2.05) is 4.90 Å². The average Bonchev–Trinajstić information content (AvgIpc) is 2.97. The largest absolute Gasteiger partial charge is 0.379 e. The smallest absolute Gasteiger partial charge is 0.254 e. The fraction of sp³-hybridized carbons (Fsp3) is 0.423. The van der Waals surface area contributed by atoms with Gasteiger partial charge < -0.3 is 19.7 Å². The minimum Gasteiger partial charge on any atom is -0.379 e. The number of hydrogen-bond acceptors (Lipinski definition) is 3. The number of aryl methyl sites for hydroxylation is 4. The number of rotatable bonds is 4. The van der Waals surface area contributed by atoms with Crippen LogP contribution in [0.2, 0.25) is 0 Å². The highest BCUT2D eigenvalue weighted by molar-refractivity contribution is 6.04. The Balaban J connectivity index is 1.74. The van der Waals surface area contributed by atoms with Gasteiger partial charge in [0.15, 0.2) is 0 Å². The SMILES string of the molecule is Cc1cccc(C)c1CNc1cc(C(=O)N2CCN(C)CC2)cc2c(C)c(C)n(C)c12. The maximum absolute atomic E-state index is 13.4. The van der Waals surface area contributed by atoms with Gasteiger partial charge in [-0.3, -0.25) is 4.79 Å². The van der Waals surface area contributed by atoms with Crippen molar-refractivity contribution in [1.82, 2.24) is 14.4 Å². The minimum absolute atomic E-state index is 0.131. The van der Waals surface area contributed by atoms with Crippen molar-refractivity contribution < 1.29 is 4.79 Å². The molecular weight excluding hydrogens is 384 g/mol. The monoisotopic (exact) mass is 418 g/mol. The van der Waals surface area contributed by atoms with Crippen molar-refractivity contribution in [3.05, 3.63) is 63.8 Å². The molecule has 0 unspecified atom stereocenters. The van der Waals surface area contributed by atoms with Crippen molar-refractivity contribution in [2.75, 3.05) is 38.5 Å². The Morgan fingerprint density at radius 1 is 0.968 bits per heavy atom. The Morgan fingerprint density at radius 3 is 2.26 bits per heavy atom. The molecule has 0 spiro atoms. The molecule has 0 radical (unpaired) electrons. The first-order valence-corrected chi connectivity index (χ1v) is 11.1. The molecule has 0 saturated carbocycles. The van der Waals surface area contributed by atoms with Gasteiger partial charge in [-0.2, -0.15) is 0 Å². The van der Waals surface area contributed by atoms with Crippen molar-refractivity contribution in [1.29, 1.82) is 0 Å². The number of nitrogens with one attached hydrogen (secondary N) is 1. The molecule has 0 aliphatic carbocycles. The molecule has 0 atom stereocenters. The van der Waals surface area contributed by atoms with Crippen LogP contribution < -0.4 is 5.32 Å². The van der Waals surface area contributed by atoms with Crippen molar-refractivity contribution in [2.24, 2.45) is 7.05 Å². The molecule has 1 aliphatic rings. The van der Waals surface area contributed by atoms with Crippen LogP contribution in [0.15, 0.2) is 30.3 Å². The standard InChI is InChI=1S/C26H34N4O/c1-17-8-7-9-18(2)23(17)16-27-24-15-21(26(31)30-12-10-28(5)11-13-30)14-22-19(3)20(4)29(6)25(22)24/h7-9,14-15,27H,10-13,16H2,1-6H3. The van der Waals surface area contributed by atoms with Gasteiger partial charge >= 0.3 is 0 Å². The second-order valence-electron chi connectivity index (χ2n) is 9.01. The molecular formula is C26H34N4O. The van der Waals surface area contributed by atoms with Gasteiger partial charge in [0.05, 0.1) is 11.2 Å². The van der Waals surface area contributed by atoms with E-state index in [4.69, 9.17) is 0 Å². The molecule has 1 saturated heterocycles. The van der Waals surface area contributed by atoms with E-state index < -0.39 is 0 Å². The van der Waals surface area contributed by atoms with E-state index in [-0.39, 0.29) is 5.91 Å². The molecule has 31 heavy (non-hydrogen) atoms. The summed E-state index contributed by atoms with van der Waals surface area (Å²) >= 11 is 0. The van der Waals surface area contributed by atoms with Crippen LogP contribution in [-0.2, 0) is 13.6 Å². The van der Waals surface area contributed by atoms with Crippen molar-refractivity contribution in [3.8, 4) is 0 Å². The lowest BCUT2D eigenvalue weighted by Gasteiger charge is -2.32. The molecule has 1 aliphatic heterocycles. The summed E-state index contributed by atoms with van der Waals surface area (Å²) in [6, 6.07) is 10.6. The van der Waals surface area contributed by atoms with Crippen LogP contribution in [0, 0.1) is 27.7 Å². The number of carbonyl (C=O) groups is 1. The molecule has 5 heteroatoms. The normalized spacial score (nSPS) is 15.0. The van der Waals surface area contributed by atoms with E-state index in [0.717, 1.165) is 54.9 Å². The minimum atomic E-state index is 0.131. The number of likely N-dealkylation sites (N-methyl/N-ethyl adjacent to an activating group) is 1. The summed E-state index contributed by atoms with van der Waals surface area (Å²) in [5, 5.41) is 4.83. The summed E-state index contributed by atoms with van der Waals surface area (Å²) in [5.41, 5.74) is 9.31. The van der Waals surface area contributed by atoms with Gasteiger partial charge in [-0.05, 0) is 69.1 Å². The quantitative estimate of drug-likeness (QED) is 0.682. The van der Waals surface area contributed by atoms with E-state index in [1.54, 1.807) is 0 Å². The third-order valence-corrected chi connectivity index (χ3v) is 7.03. The molecule has 4 rings (SSSR count). The summed E-state index contributed by atoms with van der Waals surface area (Å²) < 4.78 is 2.24. The van der Waals surface area contributed by atoms with Crippen LogP contribution in [0.5, 0.6) is 0 Å². The van der Waals surface area contributed by atoms with Crippen LogP contribution in [0.3, 0.4) is 0 Å². The van der Waals surface area contributed by atoms with Crippen LogP contribution >= 0.6 is 0 Å². The Labute approximate surface area is 185 Å². The first kappa shape index (κ1) is 21.4. The predicted molar refractivity (Wildman–Crippen MR) is 129 cm³/mol. The highest BCUT2D eigenvalue weighted by Crippen LogP contribution is 2.33. The number of amides is 1. The van der Waals surface area contributed by atoms with Gasteiger partial charge in [0.1, 0.15) is 0 Å². The van der Waals surface area contributed by atoms with Gasteiger partial charge in [0.2, 0.25) is 0 Å². The third-order valence-electron chi connectivity index (χ3n) is 7.03. The maximum Gasteiger partial charge on any atom is 0.254 e. The molecule has 2 aromatic carbocycles. The number of carbonyl (C=O) groups excluding carboxylic acids is 1. The highest BCUT2D eigenvalue weighted by Gasteiger charge is 2.23. The second-order valence-corrected chi connectivity index (χ2v) is 9.01. The highest BCUT2D eigenvalue weighted by atomic mass is 16.2. The Hall–Kier alpha value is -2.79. The first-order valence-electron chi connectivity index (χ1n) is 11.1. The zero-order chi connectivity index (χ0) is 22.3. The molecule has 1 N–H and O–H groups in total. The van der Waals surface area contributed by atoms with Gasteiger partial charge in [-0.25, -0.2) is 0 Å². The average molecular weight is 419 g/mol. The van der Waals surface area contributed by atoms with Gasteiger partial charge in [0, 0.05) is 56.4 Å². The molecule has 164 valence electrons. The van der Waals surface area contributed by atoms with Crippen LogP contribution in [0.4, 0.5) is 5.69 Å². The van der Waals surface area contributed by atoms with E-state index in [2.05, 4.69) is 86.9 Å². The maximum atomic E-state index is 13.4. The van der Waals surface area contributed by atoms with Crippen LogP contribution in [-0.4, -0.2) is 53.5 Å². The van der Waals surface area contributed by atoms with Crippen molar-refractivity contribution in [2.45, 2.75) is 34.2 Å². The zero-order valence-electron chi connectivity index (χ0n) is 19.7. The lowest BCUT2D eigenvalue weighted by Crippen LogP contribution is -2.47. The predicted octanol–water partition coefficient (Wildman–Crippen LogP) is 4.41. The van der Waals surface area contributed by atoms with Crippen molar-refractivity contribution >= 4 is 22.5 Å². The lowest BCUT2D eigenvalue weighted by molar-refractivity contribution is 0.0664. The third kappa shape index (κ3) is 3.94. The van der Waals surface area contributed by atoms with E-state index in [0.29, 0.717) is 0 Å². The van der Waals surface area contributed by atoms with E-state index in [9.17, 15) is 4.79 Å². The fourth-order valence-electron chi connectivity index (χ4n) is 4.66. The molecule has 1 aromatic heterocycles. The van der Waals surface area contributed by atoms with Gasteiger partial charge in [-0.1, -0.05) is 18.2 Å². The summed E-state index contributed by atoms with van der Waals surface area (Å²) in [7, 11) is 4.22. The number of anilines is 1. The second kappa shape index (κ2) is 8.39. The number of piperazine rings is 1. The van der Waals surface area contributed by atoms with Crippen LogP contribution in [0.25, 0.3) is 10.9 Å². The molecule has 5 nitrogen and oxygen atoms in total. The van der Waals surface area contributed by atoms with E-state index >= 15 is 0 Å². The number of aromatic nitrogens is 1. The number of fused-ring (bicyclic) bond motifs is 1. The van der Waals surface area contributed by atoms with Crippen LogP contribution in [0.1, 0.15) is 38.3 Å². The molecule has 1 fully saturated rings. The fourth-order valence-corrected chi connectivity index (χ4v) is 4.66. The summed E-state index contributed by atoms with van der Waals surface area (Å²) in [4.78, 5) is 17.6. The van der Waals surface area contributed by atoms with Crippen molar-refractivity contribution in [3.63, 3.8) is 0 Å². The van der Waals surface area contributed by atoms with Gasteiger partial charge in [-0.15, -0.1) is 0 Å². The molecule has 2 heterocycles. The molecule has 3 aromatic rings. The number of hydrogen-bond donors (Lipinski definition) is 1. The van der Waals surface area contributed by atoms with Gasteiger partial charge in [0.25, 0.3) is 5.91 Å². The summed E-state index contributed by atoms with van der Waals surface area (Å²) in [6.07, 6.45) is 0. The number of nitrogens with zero attached hydrogens (tertiary/aromatic N) is 3. The topological polar surface area (TPSA) is 40.5 Å². The molecule has 0 bridgehead atoms. The zero-order valence-corrected chi connectivity index (χ0v) is 19.7. The Kier molecular flexibility index (Phi) is 5.80. The Morgan fingerprint density at radius 2 is 1.61 bits per heavy atom.